The van der Waals surface area contributed by atoms with Crippen LogP contribution in [-0.2, 0) is 14.3 Å². The second-order valence-electron chi connectivity index (χ2n) is 6.28. The van der Waals surface area contributed by atoms with Crippen LogP contribution < -0.4 is 10.1 Å². The molecule has 1 aliphatic rings. The number of nitrogens with one attached hydrogen (secondary N) is 1. The van der Waals surface area contributed by atoms with Crippen molar-refractivity contribution >= 4 is 11.9 Å². The molecule has 6 heteroatoms. The molecular weight excluding hydrogens is 308 g/mol. The molecule has 0 radical (unpaired) electrons. The van der Waals surface area contributed by atoms with Gasteiger partial charge in [0.25, 0.3) is 5.91 Å². The van der Waals surface area contributed by atoms with Crippen molar-refractivity contribution in [1.82, 2.24) is 5.32 Å². The van der Waals surface area contributed by atoms with E-state index in [1.165, 1.54) is 0 Å². The molecule has 0 spiro atoms. The second kappa shape index (κ2) is 7.35. The fraction of sp³-hybridized carbons (Fsp3) is 0.500. The summed E-state index contributed by atoms with van der Waals surface area (Å²) in [6, 6.07) is 7.69. The van der Waals surface area contributed by atoms with Gasteiger partial charge in [0.1, 0.15) is 11.3 Å². The summed E-state index contributed by atoms with van der Waals surface area (Å²) >= 11 is 0. The molecule has 24 heavy (non-hydrogen) atoms. The first-order valence-corrected chi connectivity index (χ1v) is 7.92. The van der Waals surface area contributed by atoms with Gasteiger partial charge in [-0.25, -0.2) is 4.79 Å². The molecule has 1 fully saturated rings. The molecule has 6 nitrogen and oxygen atoms in total. The Hall–Kier alpha value is -2.55. The molecule has 0 aromatic heterocycles. The Kier molecular flexibility index (Phi) is 5.45. The van der Waals surface area contributed by atoms with Crippen molar-refractivity contribution in [1.29, 1.82) is 5.26 Å². The molecule has 2 rings (SSSR count). The van der Waals surface area contributed by atoms with Gasteiger partial charge in [-0.1, -0.05) is 12.1 Å². The van der Waals surface area contributed by atoms with Crippen LogP contribution in [0, 0.1) is 31.1 Å². The lowest BCUT2D eigenvalue weighted by Gasteiger charge is -2.22. The van der Waals surface area contributed by atoms with E-state index in [1.54, 1.807) is 13.0 Å². The van der Waals surface area contributed by atoms with Gasteiger partial charge in [-0.2, -0.15) is 5.26 Å². The average molecular weight is 330 g/mol. The zero-order chi connectivity index (χ0) is 17.7. The lowest BCUT2D eigenvalue weighted by molar-refractivity contribution is -0.150. The van der Waals surface area contributed by atoms with Crippen molar-refractivity contribution in [2.45, 2.75) is 39.2 Å². The lowest BCUT2D eigenvalue weighted by atomic mass is 9.98. The summed E-state index contributed by atoms with van der Waals surface area (Å²) in [4.78, 5) is 23.6. The van der Waals surface area contributed by atoms with E-state index in [1.807, 2.05) is 26.0 Å². The molecule has 1 aromatic rings. The maximum Gasteiger partial charge on any atom is 0.344 e. The van der Waals surface area contributed by atoms with Gasteiger partial charge in [-0.05, 0) is 56.7 Å². The minimum Gasteiger partial charge on any atom is -0.482 e. The highest BCUT2D eigenvalue weighted by Gasteiger charge is 2.43. The van der Waals surface area contributed by atoms with E-state index >= 15 is 0 Å². The molecule has 128 valence electrons. The monoisotopic (exact) mass is 330 g/mol. The normalized spacial score (nSPS) is 15.8. The molecule has 1 aliphatic carbocycles. The lowest BCUT2D eigenvalue weighted by Crippen LogP contribution is -2.48. The number of hydrogen-bond acceptors (Lipinski definition) is 5. The van der Waals surface area contributed by atoms with E-state index in [0.29, 0.717) is 5.75 Å². The van der Waals surface area contributed by atoms with E-state index < -0.39 is 24.0 Å². The molecule has 1 amide bonds. The number of carbonyl (C=O) groups is 2. The highest BCUT2D eigenvalue weighted by Crippen LogP contribution is 2.39. The van der Waals surface area contributed by atoms with Crippen molar-refractivity contribution in [2.24, 2.45) is 5.92 Å². The molecule has 0 unspecified atom stereocenters. The minimum absolute atomic E-state index is 0.176. The number of aryl methyl sites for hydroxylation is 1. The van der Waals surface area contributed by atoms with Crippen LogP contribution in [0.2, 0.25) is 0 Å². The molecule has 1 atom stereocenters. The molecule has 1 saturated carbocycles. The highest BCUT2D eigenvalue weighted by molar-refractivity contribution is 5.81. The molecule has 0 aliphatic heterocycles. The Bertz CT molecular complexity index is 676. The van der Waals surface area contributed by atoms with Crippen molar-refractivity contribution < 1.29 is 19.1 Å². The summed E-state index contributed by atoms with van der Waals surface area (Å²) < 4.78 is 10.3. The molecule has 1 N–H and O–H groups in total. The SMILES string of the molecule is Cc1cccc(OCC(=O)OCC(=O)N[C@](C)(C#N)C2CC2)c1C. The van der Waals surface area contributed by atoms with Gasteiger partial charge in [-0.3, -0.25) is 4.79 Å². The Balaban J connectivity index is 1.76. The van der Waals surface area contributed by atoms with E-state index in [-0.39, 0.29) is 12.5 Å². The first kappa shape index (κ1) is 17.8. The third kappa shape index (κ3) is 4.48. The van der Waals surface area contributed by atoms with Crippen LogP contribution in [0.25, 0.3) is 0 Å². The first-order chi connectivity index (χ1) is 11.4. The number of nitriles is 1. The van der Waals surface area contributed by atoms with Crippen molar-refractivity contribution in [3.8, 4) is 11.8 Å². The van der Waals surface area contributed by atoms with Crippen LogP contribution in [0.5, 0.6) is 5.75 Å². The third-order valence-corrected chi connectivity index (χ3v) is 4.29. The van der Waals surface area contributed by atoms with Gasteiger partial charge in [0, 0.05) is 0 Å². The van der Waals surface area contributed by atoms with Crippen LogP contribution in [0.3, 0.4) is 0 Å². The Morgan fingerprint density at radius 3 is 2.67 bits per heavy atom. The number of hydrogen-bond donors (Lipinski definition) is 1. The molecule has 0 bridgehead atoms. The summed E-state index contributed by atoms with van der Waals surface area (Å²) in [6.07, 6.45) is 1.85. The fourth-order valence-electron chi connectivity index (χ4n) is 2.41. The quantitative estimate of drug-likeness (QED) is 0.773. The number of nitrogens with zero attached hydrogens (tertiary/aromatic N) is 1. The topological polar surface area (TPSA) is 88.4 Å². The summed E-state index contributed by atoms with van der Waals surface area (Å²) in [5.41, 5.74) is 1.13. The fourth-order valence-corrected chi connectivity index (χ4v) is 2.41. The van der Waals surface area contributed by atoms with Gasteiger partial charge < -0.3 is 14.8 Å². The summed E-state index contributed by atoms with van der Waals surface area (Å²) in [6.45, 7) is 4.86. The van der Waals surface area contributed by atoms with Crippen LogP contribution >= 0.6 is 0 Å². The zero-order valence-electron chi connectivity index (χ0n) is 14.2. The summed E-state index contributed by atoms with van der Waals surface area (Å²) in [7, 11) is 0. The highest BCUT2D eigenvalue weighted by atomic mass is 16.6. The largest absolute Gasteiger partial charge is 0.482 e. The summed E-state index contributed by atoms with van der Waals surface area (Å²) in [5.74, 6) is -0.320. The van der Waals surface area contributed by atoms with E-state index in [0.717, 1.165) is 24.0 Å². The van der Waals surface area contributed by atoms with Gasteiger partial charge in [0.2, 0.25) is 0 Å². The van der Waals surface area contributed by atoms with Gasteiger partial charge >= 0.3 is 5.97 Å². The predicted molar refractivity (Wildman–Crippen MR) is 87.3 cm³/mol. The van der Waals surface area contributed by atoms with E-state index in [4.69, 9.17) is 9.47 Å². The van der Waals surface area contributed by atoms with E-state index in [2.05, 4.69) is 11.4 Å². The van der Waals surface area contributed by atoms with E-state index in [9.17, 15) is 14.9 Å². The maximum absolute atomic E-state index is 11.8. The van der Waals surface area contributed by atoms with Crippen LogP contribution in [-0.4, -0.2) is 30.6 Å². The summed E-state index contributed by atoms with van der Waals surface area (Å²) in [5, 5.41) is 11.8. The Morgan fingerprint density at radius 1 is 1.33 bits per heavy atom. The molecule has 0 heterocycles. The molecular formula is C18H22N2O4. The predicted octanol–water partition coefficient (Wildman–Crippen LogP) is 2.03. The van der Waals surface area contributed by atoms with Crippen LogP contribution in [0.4, 0.5) is 0 Å². The Morgan fingerprint density at radius 2 is 2.04 bits per heavy atom. The van der Waals surface area contributed by atoms with Crippen LogP contribution in [0.1, 0.15) is 30.9 Å². The van der Waals surface area contributed by atoms with Crippen molar-refractivity contribution in [2.75, 3.05) is 13.2 Å². The second-order valence-corrected chi connectivity index (χ2v) is 6.28. The molecule has 0 saturated heterocycles. The number of esters is 1. The minimum atomic E-state index is -0.890. The maximum atomic E-state index is 11.8. The smallest absolute Gasteiger partial charge is 0.344 e. The number of rotatable bonds is 7. The van der Waals surface area contributed by atoms with Gasteiger partial charge in [0.15, 0.2) is 13.2 Å². The zero-order valence-corrected chi connectivity index (χ0v) is 14.2. The number of ether oxygens (including phenoxy) is 2. The number of benzene rings is 1. The van der Waals surface area contributed by atoms with Gasteiger partial charge in [-0.15, -0.1) is 0 Å². The number of carbonyl (C=O) groups excluding carboxylic acids is 2. The average Bonchev–Trinajstić information content (AvgIpc) is 3.39. The number of amides is 1. The first-order valence-electron chi connectivity index (χ1n) is 7.92. The Labute approximate surface area is 141 Å². The van der Waals surface area contributed by atoms with Crippen molar-refractivity contribution in [3.05, 3.63) is 29.3 Å². The third-order valence-electron chi connectivity index (χ3n) is 4.29. The van der Waals surface area contributed by atoms with Crippen molar-refractivity contribution in [3.63, 3.8) is 0 Å². The standard InChI is InChI=1S/C18H22N2O4/c1-12-5-4-6-15(13(12)2)23-10-17(22)24-9-16(21)20-18(3,11-19)14-7-8-14/h4-6,14H,7-10H2,1-3H3,(H,20,21)/t18-/m1/s1. The molecule has 1 aromatic carbocycles. The van der Waals surface area contributed by atoms with Gasteiger partial charge in [0.05, 0.1) is 6.07 Å². The van der Waals surface area contributed by atoms with Crippen LogP contribution in [0.15, 0.2) is 18.2 Å².